The topological polar surface area (TPSA) is 193 Å². The first-order valence-electron chi connectivity index (χ1n) is 12.2. The molecular formula is C24H37N7O6. The van der Waals surface area contributed by atoms with Crippen LogP contribution >= 0.6 is 0 Å². The first-order chi connectivity index (χ1) is 17.7. The van der Waals surface area contributed by atoms with Crippen molar-refractivity contribution in [2.75, 3.05) is 39.3 Å². The average molecular weight is 520 g/mol. The van der Waals surface area contributed by atoms with E-state index in [4.69, 9.17) is 16.2 Å². The molecule has 1 heterocycles. The number of hydrazine groups is 1. The van der Waals surface area contributed by atoms with Crippen LogP contribution in [0, 0.1) is 0 Å². The average Bonchev–Trinajstić information content (AvgIpc) is 2.85. The number of benzene rings is 1. The zero-order chi connectivity index (χ0) is 27.3. The van der Waals surface area contributed by atoms with Crippen LogP contribution in [-0.4, -0.2) is 89.5 Å². The number of amides is 2. The van der Waals surface area contributed by atoms with Crippen LogP contribution in [0.3, 0.4) is 0 Å². The van der Waals surface area contributed by atoms with E-state index < -0.39 is 35.8 Å². The third kappa shape index (κ3) is 9.03. The van der Waals surface area contributed by atoms with Crippen molar-refractivity contribution in [3.8, 4) is 0 Å². The smallest absolute Gasteiger partial charge is 0.422 e. The second kappa shape index (κ2) is 14.8. The molecule has 0 unspecified atom stereocenters. The summed E-state index contributed by atoms with van der Waals surface area (Å²) in [7, 11) is 0. The lowest BCUT2D eigenvalue weighted by Crippen LogP contribution is -2.73. The van der Waals surface area contributed by atoms with E-state index in [1.165, 1.54) is 11.9 Å². The van der Waals surface area contributed by atoms with E-state index in [1.807, 2.05) is 18.2 Å². The predicted molar refractivity (Wildman–Crippen MR) is 136 cm³/mol. The van der Waals surface area contributed by atoms with Crippen LogP contribution < -0.4 is 22.2 Å². The summed E-state index contributed by atoms with van der Waals surface area (Å²) in [6.45, 7) is 2.59. The molecule has 1 saturated heterocycles. The number of unbranched alkanes of at least 4 members (excludes halogenated alkanes) is 1. The normalized spacial score (nSPS) is 17.8. The molecule has 1 aliphatic heterocycles. The zero-order valence-electron chi connectivity index (χ0n) is 21.1. The molecule has 0 spiro atoms. The number of carbonyl (C=O) groups is 4. The molecule has 204 valence electrons. The number of piperazine rings is 1. The number of carbonyl (C=O) groups excluding carboxylic acids is 3. The number of hydrogen-bond donors (Lipinski definition) is 5. The van der Waals surface area contributed by atoms with Crippen LogP contribution in [0.4, 0.5) is 4.79 Å². The Bertz CT molecular complexity index is 954. The Balaban J connectivity index is 2.03. The quantitative estimate of drug-likeness (QED) is 0.0897. The van der Waals surface area contributed by atoms with E-state index in [-0.39, 0.29) is 32.1 Å². The molecule has 7 N–H and O–H groups in total. The number of aliphatic carboxylic acids is 1. The van der Waals surface area contributed by atoms with Gasteiger partial charge in [0, 0.05) is 19.6 Å². The number of Topliss-reactive ketones (excluding diaryl/α,β-unsaturated/α-hetero) is 1. The number of carboxylic acid groups (broad SMARTS) is 1. The van der Waals surface area contributed by atoms with Gasteiger partial charge < -0.3 is 31.5 Å². The van der Waals surface area contributed by atoms with E-state index in [1.54, 1.807) is 12.1 Å². The van der Waals surface area contributed by atoms with Crippen molar-refractivity contribution >= 4 is 29.7 Å². The summed E-state index contributed by atoms with van der Waals surface area (Å²) in [5.74, 6) is -2.28. The summed E-state index contributed by atoms with van der Waals surface area (Å²) in [5.41, 5.74) is 12.2. The molecule has 1 aromatic rings. The van der Waals surface area contributed by atoms with Crippen LogP contribution in [0.15, 0.2) is 35.3 Å². The minimum atomic E-state index is -1.74. The molecule has 1 fully saturated rings. The SMILES string of the molecule is CC(=O)[C@@]1(CCCNCCCCN=C(N)N)C(=O)N(CC(=O)O)CCN1NC(=O)OCc1ccccc1. The summed E-state index contributed by atoms with van der Waals surface area (Å²) < 4.78 is 5.28. The zero-order valence-corrected chi connectivity index (χ0v) is 21.1. The van der Waals surface area contributed by atoms with Crippen molar-refractivity contribution in [2.24, 2.45) is 16.5 Å². The van der Waals surface area contributed by atoms with Crippen molar-refractivity contribution in [1.29, 1.82) is 0 Å². The standard InChI is InChI=1S/C24H37N7O6/c1-18(32)24(10-7-12-27-11-5-6-13-28-22(25)26)21(35)30(16-20(33)34)14-15-31(24)29-23(36)37-17-19-8-3-2-4-9-19/h2-4,8-9,27H,5-7,10-17H2,1H3,(H,29,36)(H,33,34)(H4,25,26,28)/t24-/m0/s1. The number of nitrogens with one attached hydrogen (secondary N) is 2. The number of guanidine groups is 1. The van der Waals surface area contributed by atoms with Gasteiger partial charge in [0.25, 0.3) is 5.91 Å². The number of nitrogens with two attached hydrogens (primary N) is 2. The van der Waals surface area contributed by atoms with Crippen LogP contribution in [-0.2, 0) is 25.7 Å². The van der Waals surface area contributed by atoms with Gasteiger partial charge in [0.05, 0.1) is 0 Å². The number of aliphatic imine (C=N–C) groups is 1. The first-order valence-corrected chi connectivity index (χ1v) is 12.2. The van der Waals surface area contributed by atoms with Gasteiger partial charge in [0.15, 0.2) is 17.3 Å². The number of carboxylic acids is 1. The van der Waals surface area contributed by atoms with Crippen molar-refractivity contribution < 1.29 is 29.0 Å². The van der Waals surface area contributed by atoms with Crippen molar-refractivity contribution in [2.45, 2.75) is 44.8 Å². The maximum absolute atomic E-state index is 13.4. The monoisotopic (exact) mass is 519 g/mol. The van der Waals surface area contributed by atoms with Gasteiger partial charge in [-0.15, -0.1) is 0 Å². The van der Waals surface area contributed by atoms with Crippen molar-refractivity contribution in [3.63, 3.8) is 0 Å². The Hall–Kier alpha value is -3.71. The molecule has 1 aromatic carbocycles. The lowest BCUT2D eigenvalue weighted by Gasteiger charge is -2.47. The van der Waals surface area contributed by atoms with Gasteiger partial charge >= 0.3 is 12.1 Å². The summed E-state index contributed by atoms with van der Waals surface area (Å²) in [6.07, 6.45) is 1.33. The molecule has 0 aliphatic carbocycles. The molecule has 1 atom stereocenters. The Morgan fingerprint density at radius 2 is 1.81 bits per heavy atom. The maximum Gasteiger partial charge on any atom is 0.422 e. The van der Waals surface area contributed by atoms with Crippen LogP contribution in [0.2, 0.25) is 0 Å². The van der Waals surface area contributed by atoms with Gasteiger partial charge in [-0.1, -0.05) is 30.3 Å². The Morgan fingerprint density at radius 3 is 2.46 bits per heavy atom. The van der Waals surface area contributed by atoms with Gasteiger partial charge in [0.2, 0.25) is 0 Å². The molecule has 0 saturated carbocycles. The number of ether oxygens (including phenoxy) is 1. The van der Waals surface area contributed by atoms with Crippen molar-refractivity contribution in [3.05, 3.63) is 35.9 Å². The highest BCUT2D eigenvalue weighted by atomic mass is 16.6. The third-order valence-corrected chi connectivity index (χ3v) is 5.99. The number of nitrogens with zero attached hydrogens (tertiary/aromatic N) is 3. The van der Waals surface area contributed by atoms with E-state index in [9.17, 15) is 24.3 Å². The highest BCUT2D eigenvalue weighted by molar-refractivity contribution is 6.10. The fourth-order valence-electron chi connectivity index (χ4n) is 4.14. The number of rotatable bonds is 15. The molecule has 37 heavy (non-hydrogen) atoms. The molecule has 2 amide bonds. The second-order valence-electron chi connectivity index (χ2n) is 8.73. The Labute approximate surface area is 216 Å². The number of hydrogen-bond acceptors (Lipinski definition) is 8. The molecular weight excluding hydrogens is 482 g/mol. The Kier molecular flexibility index (Phi) is 11.8. The maximum atomic E-state index is 13.4. The molecule has 1 aliphatic rings. The molecule has 2 rings (SSSR count). The molecule has 13 heteroatoms. The van der Waals surface area contributed by atoms with Crippen LogP contribution in [0.1, 0.15) is 38.2 Å². The van der Waals surface area contributed by atoms with Crippen LogP contribution in [0.5, 0.6) is 0 Å². The van der Waals surface area contributed by atoms with Gasteiger partial charge in [0.1, 0.15) is 13.2 Å². The fourth-order valence-corrected chi connectivity index (χ4v) is 4.14. The minimum absolute atomic E-state index is 0.0137. The Morgan fingerprint density at radius 1 is 1.11 bits per heavy atom. The van der Waals surface area contributed by atoms with E-state index in [0.717, 1.165) is 23.3 Å². The van der Waals surface area contributed by atoms with E-state index in [2.05, 4.69) is 15.7 Å². The lowest BCUT2D eigenvalue weighted by molar-refractivity contribution is -0.165. The summed E-state index contributed by atoms with van der Waals surface area (Å²) in [5, 5.41) is 13.8. The largest absolute Gasteiger partial charge is 0.480 e. The van der Waals surface area contributed by atoms with Gasteiger partial charge in [-0.2, -0.15) is 5.01 Å². The number of ketones is 1. The van der Waals surface area contributed by atoms with E-state index in [0.29, 0.717) is 26.1 Å². The third-order valence-electron chi connectivity index (χ3n) is 5.99. The summed E-state index contributed by atoms with van der Waals surface area (Å²) in [4.78, 5) is 55.3. The van der Waals surface area contributed by atoms with E-state index >= 15 is 0 Å². The molecule has 0 bridgehead atoms. The summed E-state index contributed by atoms with van der Waals surface area (Å²) >= 11 is 0. The summed E-state index contributed by atoms with van der Waals surface area (Å²) in [6, 6.07) is 9.07. The predicted octanol–water partition coefficient (Wildman–Crippen LogP) is -0.192. The highest BCUT2D eigenvalue weighted by Gasteiger charge is 2.54. The van der Waals surface area contributed by atoms with Crippen LogP contribution in [0.25, 0.3) is 0 Å². The lowest BCUT2D eigenvalue weighted by atomic mass is 9.84. The molecule has 0 radical (unpaired) electrons. The molecule has 13 nitrogen and oxygen atoms in total. The first kappa shape index (κ1) is 29.5. The van der Waals surface area contributed by atoms with Crippen molar-refractivity contribution in [1.82, 2.24) is 20.7 Å². The highest BCUT2D eigenvalue weighted by Crippen LogP contribution is 2.28. The molecule has 0 aromatic heterocycles. The fraction of sp³-hybridized carbons (Fsp3) is 0.542. The van der Waals surface area contributed by atoms with Gasteiger partial charge in [-0.25, -0.2) is 4.79 Å². The van der Waals surface area contributed by atoms with Gasteiger partial charge in [-0.05, 0) is 51.3 Å². The van der Waals surface area contributed by atoms with Gasteiger partial charge in [-0.3, -0.25) is 24.8 Å². The second-order valence-corrected chi connectivity index (χ2v) is 8.73. The minimum Gasteiger partial charge on any atom is -0.480 e.